The maximum absolute atomic E-state index is 9.36. The summed E-state index contributed by atoms with van der Waals surface area (Å²) in [6, 6.07) is 3.61. The van der Waals surface area contributed by atoms with Crippen molar-refractivity contribution in [2.45, 2.75) is 6.92 Å². The minimum atomic E-state index is 0.505. The molecule has 2 aliphatic heterocycles. The zero-order valence-electron chi connectivity index (χ0n) is 6.02. The lowest BCUT2D eigenvalue weighted by molar-refractivity contribution is 0.180. The van der Waals surface area contributed by atoms with E-state index in [2.05, 4.69) is 9.97 Å². The van der Waals surface area contributed by atoms with Crippen molar-refractivity contribution >= 4 is 0 Å². The third-order valence-corrected chi connectivity index (χ3v) is 1.62. The summed E-state index contributed by atoms with van der Waals surface area (Å²) in [6.45, 7) is 1.80. The highest BCUT2D eigenvalue weighted by molar-refractivity contribution is 5.51. The van der Waals surface area contributed by atoms with Gasteiger partial charge in [-0.15, -0.1) is 0 Å². The summed E-state index contributed by atoms with van der Waals surface area (Å²) in [6.07, 6.45) is 1.43. The van der Waals surface area contributed by atoms with Crippen LogP contribution in [0.25, 0.3) is 11.5 Å². The van der Waals surface area contributed by atoms with Gasteiger partial charge in [0, 0.05) is 0 Å². The summed E-state index contributed by atoms with van der Waals surface area (Å²) in [4.78, 5) is 7.81. The molecule has 0 spiro atoms. The summed E-state index contributed by atoms with van der Waals surface area (Å²) in [5.74, 6) is 0.505. The summed E-state index contributed by atoms with van der Waals surface area (Å²) in [5, 5.41) is 9.36. The van der Waals surface area contributed by atoms with Crippen molar-refractivity contribution in [2.24, 2.45) is 0 Å². The lowest BCUT2D eigenvalue weighted by Gasteiger charge is -2.05. The van der Waals surface area contributed by atoms with Crippen LogP contribution in [0.15, 0.2) is 18.5 Å². The predicted octanol–water partition coefficient (Wildman–Crippen LogP) is 0.929. The van der Waals surface area contributed by atoms with E-state index < -0.39 is 0 Å². The second-order valence-corrected chi connectivity index (χ2v) is 2.37. The fraction of sp³-hybridized carbons (Fsp3) is 0.143. The number of hydrogen-bond donors (Lipinski definition) is 1. The highest BCUT2D eigenvalue weighted by Gasteiger charge is 2.09. The smallest absolute Gasteiger partial charge is 0.195 e. The molecule has 11 heavy (non-hydrogen) atoms. The highest BCUT2D eigenvalue weighted by Crippen LogP contribution is 2.16. The SMILES string of the molecule is Cc1ccc2ncnc-2n1O. The van der Waals surface area contributed by atoms with Gasteiger partial charge in [-0.25, -0.2) is 9.97 Å². The number of nitrogens with zero attached hydrogens (tertiary/aromatic N) is 3. The molecular weight excluding hydrogens is 142 g/mol. The van der Waals surface area contributed by atoms with Crippen molar-refractivity contribution < 1.29 is 5.21 Å². The first-order valence-electron chi connectivity index (χ1n) is 3.27. The normalized spacial score (nSPS) is 10.6. The zero-order chi connectivity index (χ0) is 7.84. The van der Waals surface area contributed by atoms with Crippen molar-refractivity contribution in [3.63, 3.8) is 0 Å². The molecule has 0 aliphatic carbocycles. The Bertz CT molecular complexity index is 355. The van der Waals surface area contributed by atoms with Crippen LogP contribution in [-0.2, 0) is 0 Å². The van der Waals surface area contributed by atoms with E-state index in [4.69, 9.17) is 0 Å². The van der Waals surface area contributed by atoms with Gasteiger partial charge in [0.05, 0.1) is 5.69 Å². The molecule has 2 rings (SSSR count). The van der Waals surface area contributed by atoms with Crippen LogP contribution >= 0.6 is 0 Å². The van der Waals surface area contributed by atoms with E-state index in [-0.39, 0.29) is 0 Å². The Morgan fingerprint density at radius 3 is 3.00 bits per heavy atom. The number of rotatable bonds is 0. The molecule has 0 bridgehead atoms. The van der Waals surface area contributed by atoms with Gasteiger partial charge >= 0.3 is 0 Å². The molecule has 0 aromatic rings. The van der Waals surface area contributed by atoms with Gasteiger partial charge < -0.3 is 5.21 Å². The second kappa shape index (κ2) is 1.95. The van der Waals surface area contributed by atoms with Crippen molar-refractivity contribution in [3.05, 3.63) is 24.2 Å². The monoisotopic (exact) mass is 149 g/mol. The predicted molar refractivity (Wildman–Crippen MR) is 38.6 cm³/mol. The molecule has 0 amide bonds. The second-order valence-electron chi connectivity index (χ2n) is 2.37. The first-order chi connectivity index (χ1) is 5.29. The summed E-state index contributed by atoms with van der Waals surface area (Å²) >= 11 is 0. The van der Waals surface area contributed by atoms with Gasteiger partial charge in [-0.1, -0.05) is 0 Å². The van der Waals surface area contributed by atoms with E-state index in [1.807, 2.05) is 6.07 Å². The number of fused-ring (bicyclic) bond motifs is 1. The third kappa shape index (κ3) is 0.756. The number of pyridine rings is 1. The molecule has 2 heterocycles. The Morgan fingerprint density at radius 1 is 1.36 bits per heavy atom. The molecule has 56 valence electrons. The van der Waals surface area contributed by atoms with Crippen LogP contribution in [0.2, 0.25) is 0 Å². The Hall–Kier alpha value is -1.58. The largest absolute Gasteiger partial charge is 0.427 e. The molecule has 4 nitrogen and oxygen atoms in total. The van der Waals surface area contributed by atoms with Gasteiger partial charge in [0.15, 0.2) is 5.82 Å². The van der Waals surface area contributed by atoms with Crippen LogP contribution in [0.5, 0.6) is 0 Å². The van der Waals surface area contributed by atoms with E-state index in [0.717, 1.165) is 10.4 Å². The summed E-state index contributed by atoms with van der Waals surface area (Å²) in [7, 11) is 0. The standard InChI is InChI=1S/C7H7N3O/c1-5-2-3-6-7(10(5)11)9-4-8-6/h2-4,11H,1H3. The minimum Gasteiger partial charge on any atom is -0.427 e. The van der Waals surface area contributed by atoms with E-state index in [9.17, 15) is 5.21 Å². The Labute approximate surface area is 63.4 Å². The van der Waals surface area contributed by atoms with Crippen LogP contribution < -0.4 is 0 Å². The van der Waals surface area contributed by atoms with Crippen LogP contribution in [0.3, 0.4) is 0 Å². The molecule has 0 saturated carbocycles. The average molecular weight is 149 g/mol. The molecule has 2 aliphatic rings. The highest BCUT2D eigenvalue weighted by atomic mass is 16.5. The van der Waals surface area contributed by atoms with E-state index in [1.165, 1.54) is 6.33 Å². The molecule has 0 saturated heterocycles. The maximum Gasteiger partial charge on any atom is 0.195 e. The number of aromatic nitrogens is 3. The molecule has 0 aromatic heterocycles. The van der Waals surface area contributed by atoms with Gasteiger partial charge in [-0.05, 0) is 19.1 Å². The van der Waals surface area contributed by atoms with Gasteiger partial charge in [-0.3, -0.25) is 0 Å². The van der Waals surface area contributed by atoms with E-state index in [1.54, 1.807) is 13.0 Å². The van der Waals surface area contributed by atoms with Crippen LogP contribution in [0, 0.1) is 6.92 Å². The third-order valence-electron chi connectivity index (χ3n) is 1.62. The Morgan fingerprint density at radius 2 is 2.18 bits per heavy atom. The van der Waals surface area contributed by atoms with Crippen molar-refractivity contribution in [3.8, 4) is 11.5 Å². The molecule has 4 heteroatoms. The quantitative estimate of drug-likeness (QED) is 0.567. The van der Waals surface area contributed by atoms with Crippen LogP contribution in [0.4, 0.5) is 0 Å². The molecule has 1 N–H and O–H groups in total. The van der Waals surface area contributed by atoms with Crippen molar-refractivity contribution in [1.82, 2.24) is 14.7 Å². The first kappa shape index (κ1) is 6.15. The fourth-order valence-corrected chi connectivity index (χ4v) is 0.988. The molecule has 0 aromatic carbocycles. The molecule has 0 fully saturated rings. The average Bonchev–Trinajstić information content (AvgIpc) is 2.45. The molecule has 0 atom stereocenters. The van der Waals surface area contributed by atoms with E-state index in [0.29, 0.717) is 11.5 Å². The van der Waals surface area contributed by atoms with Crippen molar-refractivity contribution in [2.75, 3.05) is 0 Å². The maximum atomic E-state index is 9.36. The first-order valence-corrected chi connectivity index (χ1v) is 3.27. The van der Waals surface area contributed by atoms with Gasteiger partial charge in [0.2, 0.25) is 0 Å². The topological polar surface area (TPSA) is 50.9 Å². The molecular formula is C7H7N3O. The Kier molecular flexibility index (Phi) is 1.09. The lowest BCUT2D eigenvalue weighted by Crippen LogP contribution is -2.02. The lowest BCUT2D eigenvalue weighted by atomic mass is 10.3. The van der Waals surface area contributed by atoms with Gasteiger partial charge in [-0.2, -0.15) is 4.73 Å². The number of hydrogen-bond acceptors (Lipinski definition) is 3. The van der Waals surface area contributed by atoms with E-state index >= 15 is 0 Å². The van der Waals surface area contributed by atoms with Crippen LogP contribution in [-0.4, -0.2) is 19.9 Å². The summed E-state index contributed by atoms with van der Waals surface area (Å²) in [5.41, 5.74) is 1.45. The number of imidazole rings is 1. The van der Waals surface area contributed by atoms with Gasteiger partial charge in [0.1, 0.15) is 12.0 Å². The zero-order valence-corrected chi connectivity index (χ0v) is 6.02. The molecule has 0 radical (unpaired) electrons. The summed E-state index contributed by atoms with van der Waals surface area (Å²) < 4.78 is 1.03. The molecule has 0 unspecified atom stereocenters. The number of aryl methyl sites for hydroxylation is 1. The van der Waals surface area contributed by atoms with Gasteiger partial charge in [0.25, 0.3) is 0 Å². The fourth-order valence-electron chi connectivity index (χ4n) is 0.988. The Balaban J connectivity index is 2.81. The van der Waals surface area contributed by atoms with Crippen molar-refractivity contribution in [1.29, 1.82) is 0 Å². The minimum absolute atomic E-state index is 0.505. The van der Waals surface area contributed by atoms with Crippen LogP contribution in [0.1, 0.15) is 5.69 Å².